The van der Waals surface area contributed by atoms with Crippen LogP contribution in [0.5, 0.6) is 0 Å². The number of likely N-dealkylation sites (tertiary alicyclic amines) is 1. The van der Waals surface area contributed by atoms with Gasteiger partial charge in [0, 0.05) is 25.6 Å². The average molecular weight is 267 g/mol. The summed E-state index contributed by atoms with van der Waals surface area (Å²) in [4.78, 5) is 24.8. The van der Waals surface area contributed by atoms with Crippen LogP contribution in [0.15, 0.2) is 0 Å². The molecule has 1 atom stereocenters. The number of amides is 2. The lowest BCUT2D eigenvalue weighted by molar-refractivity contribution is -0.123. The van der Waals surface area contributed by atoms with E-state index in [2.05, 4.69) is 11.2 Å². The number of carbonyl (C=O) groups is 2. The van der Waals surface area contributed by atoms with Crippen molar-refractivity contribution < 1.29 is 14.3 Å². The molecule has 3 N–H and O–H groups in total. The number of hydrogen-bond donors (Lipinski definition) is 2. The van der Waals surface area contributed by atoms with Crippen molar-refractivity contribution in [3.63, 3.8) is 0 Å². The van der Waals surface area contributed by atoms with Gasteiger partial charge in [-0.1, -0.05) is 0 Å². The molecule has 2 amide bonds. The van der Waals surface area contributed by atoms with Crippen LogP contribution in [0.2, 0.25) is 0 Å². The highest BCUT2D eigenvalue weighted by molar-refractivity contribution is 5.82. The molecule has 1 saturated heterocycles. The summed E-state index contributed by atoms with van der Waals surface area (Å²) in [5.74, 6) is 2.14. The van der Waals surface area contributed by atoms with Gasteiger partial charge in [0.05, 0.1) is 12.6 Å². The maximum atomic E-state index is 11.7. The summed E-state index contributed by atoms with van der Waals surface area (Å²) in [7, 11) is 0. The quantitative estimate of drug-likeness (QED) is 0.706. The third kappa shape index (κ3) is 4.79. The summed E-state index contributed by atoms with van der Waals surface area (Å²) in [5.41, 5.74) is 5.62. The van der Waals surface area contributed by atoms with E-state index in [-0.39, 0.29) is 24.5 Å². The van der Waals surface area contributed by atoms with Gasteiger partial charge in [0.15, 0.2) is 0 Å². The molecule has 0 radical (unpaired) electrons. The van der Waals surface area contributed by atoms with Crippen LogP contribution in [-0.4, -0.2) is 48.7 Å². The molecule has 0 aliphatic carbocycles. The van der Waals surface area contributed by atoms with Gasteiger partial charge in [-0.15, -0.1) is 12.3 Å². The Balaban J connectivity index is 2.32. The van der Waals surface area contributed by atoms with Crippen molar-refractivity contribution in [1.29, 1.82) is 0 Å². The summed E-state index contributed by atoms with van der Waals surface area (Å²) in [6.07, 6.45) is 6.45. The maximum Gasteiger partial charge on any atom is 0.409 e. The van der Waals surface area contributed by atoms with Crippen molar-refractivity contribution in [2.24, 2.45) is 5.73 Å². The Labute approximate surface area is 113 Å². The number of nitrogens with two attached hydrogens (primary N) is 1. The lowest BCUT2D eigenvalue weighted by Gasteiger charge is -2.32. The first-order valence-electron chi connectivity index (χ1n) is 6.49. The lowest BCUT2D eigenvalue weighted by atomic mass is 10.0. The topological polar surface area (TPSA) is 84.7 Å². The summed E-state index contributed by atoms with van der Waals surface area (Å²) in [5, 5.41) is 2.86. The number of rotatable bonds is 4. The van der Waals surface area contributed by atoms with Crippen LogP contribution in [0.4, 0.5) is 4.79 Å². The zero-order chi connectivity index (χ0) is 14.3. The molecule has 106 valence electrons. The smallest absolute Gasteiger partial charge is 0.409 e. The molecule has 0 aromatic carbocycles. The van der Waals surface area contributed by atoms with Crippen molar-refractivity contribution in [1.82, 2.24) is 10.2 Å². The van der Waals surface area contributed by atoms with Crippen molar-refractivity contribution in [2.75, 3.05) is 19.7 Å². The van der Waals surface area contributed by atoms with E-state index in [1.54, 1.807) is 11.8 Å². The molecule has 1 rings (SSSR count). The Morgan fingerprint density at radius 3 is 2.68 bits per heavy atom. The fourth-order valence-electron chi connectivity index (χ4n) is 1.95. The maximum absolute atomic E-state index is 11.7. The third-order valence-electron chi connectivity index (χ3n) is 3.04. The molecule has 0 saturated carbocycles. The van der Waals surface area contributed by atoms with Crippen LogP contribution in [0.25, 0.3) is 0 Å². The number of terminal acetylenes is 1. The molecule has 1 aliphatic rings. The minimum atomic E-state index is -0.659. The number of ether oxygens (including phenoxy) is 1. The summed E-state index contributed by atoms with van der Waals surface area (Å²) < 4.78 is 4.93. The monoisotopic (exact) mass is 267 g/mol. The zero-order valence-electron chi connectivity index (χ0n) is 11.2. The molecule has 6 heteroatoms. The van der Waals surface area contributed by atoms with E-state index in [4.69, 9.17) is 16.9 Å². The molecule has 1 heterocycles. The van der Waals surface area contributed by atoms with E-state index in [0.717, 1.165) is 0 Å². The Morgan fingerprint density at radius 2 is 2.16 bits per heavy atom. The Morgan fingerprint density at radius 1 is 1.53 bits per heavy atom. The summed E-state index contributed by atoms with van der Waals surface area (Å²) >= 11 is 0. The lowest BCUT2D eigenvalue weighted by Crippen LogP contribution is -2.50. The van der Waals surface area contributed by atoms with Crippen molar-refractivity contribution in [3.05, 3.63) is 0 Å². The molecule has 0 spiro atoms. The number of nitrogens with zero attached hydrogens (tertiary/aromatic N) is 1. The minimum Gasteiger partial charge on any atom is -0.450 e. The second-order valence-corrected chi connectivity index (χ2v) is 4.48. The molecule has 1 unspecified atom stereocenters. The Bertz CT molecular complexity index is 357. The van der Waals surface area contributed by atoms with Gasteiger partial charge in [-0.3, -0.25) is 4.79 Å². The fraction of sp³-hybridized carbons (Fsp3) is 0.692. The second-order valence-electron chi connectivity index (χ2n) is 4.48. The molecule has 6 nitrogen and oxygen atoms in total. The highest BCUT2D eigenvalue weighted by Crippen LogP contribution is 2.11. The van der Waals surface area contributed by atoms with Gasteiger partial charge in [0.1, 0.15) is 0 Å². The van der Waals surface area contributed by atoms with E-state index in [1.807, 2.05) is 0 Å². The van der Waals surface area contributed by atoms with Gasteiger partial charge in [-0.05, 0) is 19.8 Å². The van der Waals surface area contributed by atoms with Crippen molar-refractivity contribution in [2.45, 2.75) is 38.3 Å². The molecule has 0 aromatic rings. The molecular formula is C13H21N3O3. The van der Waals surface area contributed by atoms with Crippen LogP contribution in [0, 0.1) is 12.3 Å². The molecule has 19 heavy (non-hydrogen) atoms. The SMILES string of the molecule is C#CCC(N)C(=O)NC1CCN(C(=O)OCC)CC1. The molecule has 1 aliphatic heterocycles. The molecular weight excluding hydrogens is 246 g/mol. The van der Waals surface area contributed by atoms with Gasteiger partial charge in [-0.2, -0.15) is 0 Å². The van der Waals surface area contributed by atoms with Crippen LogP contribution in [0.1, 0.15) is 26.2 Å². The van der Waals surface area contributed by atoms with Crippen LogP contribution in [-0.2, 0) is 9.53 Å². The van der Waals surface area contributed by atoms with E-state index in [1.165, 1.54) is 0 Å². The highest BCUT2D eigenvalue weighted by atomic mass is 16.6. The van der Waals surface area contributed by atoms with Gasteiger partial charge in [0.2, 0.25) is 5.91 Å². The summed E-state index contributed by atoms with van der Waals surface area (Å²) in [6.45, 7) is 3.30. The van der Waals surface area contributed by atoms with E-state index < -0.39 is 6.04 Å². The average Bonchev–Trinajstić information content (AvgIpc) is 2.40. The van der Waals surface area contributed by atoms with Crippen LogP contribution >= 0.6 is 0 Å². The molecule has 0 bridgehead atoms. The molecule has 1 fully saturated rings. The van der Waals surface area contributed by atoms with E-state index in [9.17, 15) is 9.59 Å². The van der Waals surface area contributed by atoms with Gasteiger partial charge in [-0.25, -0.2) is 4.79 Å². The zero-order valence-corrected chi connectivity index (χ0v) is 11.2. The predicted molar refractivity (Wildman–Crippen MR) is 71.2 cm³/mol. The Hall–Kier alpha value is -1.74. The van der Waals surface area contributed by atoms with Gasteiger partial charge in [0.25, 0.3) is 0 Å². The standard InChI is InChI=1S/C13H21N3O3/c1-3-5-11(14)12(17)15-10-6-8-16(9-7-10)13(18)19-4-2/h1,10-11H,4-9,14H2,2H3,(H,15,17). The number of piperidine rings is 1. The first kappa shape index (κ1) is 15.3. The Kier molecular flexibility index (Phi) is 6.16. The minimum absolute atomic E-state index is 0.0435. The number of nitrogens with one attached hydrogen (secondary N) is 1. The highest BCUT2D eigenvalue weighted by Gasteiger charge is 2.25. The first-order chi connectivity index (χ1) is 9.08. The second kappa shape index (κ2) is 7.64. The number of carbonyl (C=O) groups excluding carboxylic acids is 2. The number of hydrogen-bond acceptors (Lipinski definition) is 4. The van der Waals surface area contributed by atoms with E-state index in [0.29, 0.717) is 32.5 Å². The third-order valence-corrected chi connectivity index (χ3v) is 3.04. The first-order valence-corrected chi connectivity index (χ1v) is 6.49. The van der Waals surface area contributed by atoms with Crippen LogP contribution in [0.3, 0.4) is 0 Å². The van der Waals surface area contributed by atoms with Crippen LogP contribution < -0.4 is 11.1 Å². The van der Waals surface area contributed by atoms with Gasteiger partial charge < -0.3 is 20.7 Å². The normalized spacial score (nSPS) is 17.4. The van der Waals surface area contributed by atoms with Crippen molar-refractivity contribution >= 4 is 12.0 Å². The van der Waals surface area contributed by atoms with E-state index >= 15 is 0 Å². The van der Waals surface area contributed by atoms with Crippen molar-refractivity contribution in [3.8, 4) is 12.3 Å². The summed E-state index contributed by atoms with van der Waals surface area (Å²) in [6, 6.07) is -0.616. The largest absolute Gasteiger partial charge is 0.450 e. The van der Waals surface area contributed by atoms with Gasteiger partial charge >= 0.3 is 6.09 Å². The predicted octanol–water partition coefficient (Wildman–Crippen LogP) is 0.0741. The fourth-order valence-corrected chi connectivity index (χ4v) is 1.95. The molecule has 0 aromatic heterocycles.